The van der Waals surface area contributed by atoms with Crippen molar-refractivity contribution in [2.45, 2.75) is 13.0 Å². The minimum Gasteiger partial charge on any atom is -0.379 e. The molecule has 1 N–H and O–H groups in total. The highest BCUT2D eigenvalue weighted by Gasteiger charge is 2.10. The van der Waals surface area contributed by atoms with Gasteiger partial charge in [0.05, 0.1) is 13.2 Å². The fraction of sp³-hybridized carbons (Fsp3) is 0.588. The first-order valence-electron chi connectivity index (χ1n) is 8.04. The largest absolute Gasteiger partial charge is 0.379 e. The van der Waals surface area contributed by atoms with Crippen molar-refractivity contribution in [2.75, 3.05) is 53.0 Å². The van der Waals surface area contributed by atoms with E-state index in [9.17, 15) is 4.79 Å². The maximum absolute atomic E-state index is 12.1. The Kier molecular flexibility index (Phi) is 7.36. The number of carbonyl (C=O) groups is 1. The quantitative estimate of drug-likeness (QED) is 0.727. The molecule has 0 bridgehead atoms. The van der Waals surface area contributed by atoms with Crippen molar-refractivity contribution in [3.05, 3.63) is 35.9 Å². The van der Waals surface area contributed by atoms with Crippen LogP contribution in [0.2, 0.25) is 0 Å². The van der Waals surface area contributed by atoms with Gasteiger partial charge in [-0.3, -0.25) is 9.69 Å². The first-order chi connectivity index (χ1) is 10.8. The van der Waals surface area contributed by atoms with E-state index in [1.807, 2.05) is 37.4 Å². The van der Waals surface area contributed by atoms with E-state index >= 15 is 0 Å². The predicted molar refractivity (Wildman–Crippen MR) is 87.7 cm³/mol. The molecular formula is C17H27N3O2. The highest BCUT2D eigenvalue weighted by molar-refractivity contribution is 5.76. The molecule has 122 valence electrons. The average molecular weight is 305 g/mol. The summed E-state index contributed by atoms with van der Waals surface area (Å²) in [5.41, 5.74) is 1.17. The van der Waals surface area contributed by atoms with Crippen LogP contribution in [0.5, 0.6) is 0 Å². The summed E-state index contributed by atoms with van der Waals surface area (Å²) in [4.78, 5) is 16.3. The molecular weight excluding hydrogens is 278 g/mol. The van der Waals surface area contributed by atoms with Gasteiger partial charge >= 0.3 is 0 Å². The molecule has 1 amide bonds. The third kappa shape index (κ3) is 6.13. The van der Waals surface area contributed by atoms with Crippen molar-refractivity contribution >= 4 is 5.91 Å². The molecule has 0 spiro atoms. The summed E-state index contributed by atoms with van der Waals surface area (Å²) in [5.74, 6) is 0.183. The van der Waals surface area contributed by atoms with Gasteiger partial charge < -0.3 is 15.0 Å². The van der Waals surface area contributed by atoms with Crippen molar-refractivity contribution in [1.82, 2.24) is 15.1 Å². The van der Waals surface area contributed by atoms with Gasteiger partial charge in [-0.25, -0.2) is 0 Å². The van der Waals surface area contributed by atoms with Crippen molar-refractivity contribution in [2.24, 2.45) is 0 Å². The molecule has 0 saturated carbocycles. The zero-order chi connectivity index (χ0) is 15.6. The number of benzene rings is 1. The third-order valence-corrected chi connectivity index (χ3v) is 3.91. The Labute approximate surface area is 133 Å². The molecule has 1 saturated heterocycles. The van der Waals surface area contributed by atoms with Crippen LogP contribution in [0, 0.1) is 0 Å². The van der Waals surface area contributed by atoms with Crippen molar-refractivity contribution in [1.29, 1.82) is 0 Å². The second-order valence-corrected chi connectivity index (χ2v) is 5.69. The molecule has 0 radical (unpaired) electrons. The van der Waals surface area contributed by atoms with Crippen LogP contribution in [-0.2, 0) is 16.1 Å². The summed E-state index contributed by atoms with van der Waals surface area (Å²) in [7, 11) is 1.86. The number of morpholine rings is 1. The smallest absolute Gasteiger partial charge is 0.223 e. The summed E-state index contributed by atoms with van der Waals surface area (Å²) in [5, 5.41) is 3.35. The Balaban J connectivity index is 1.55. The number of hydrogen-bond donors (Lipinski definition) is 1. The Bertz CT molecular complexity index is 433. The number of hydrogen-bond acceptors (Lipinski definition) is 4. The van der Waals surface area contributed by atoms with E-state index in [2.05, 4.69) is 10.2 Å². The van der Waals surface area contributed by atoms with E-state index in [1.54, 1.807) is 4.90 Å². The first kappa shape index (κ1) is 16.9. The number of rotatable bonds is 8. The van der Waals surface area contributed by atoms with Gasteiger partial charge in [-0.1, -0.05) is 30.3 Å². The lowest BCUT2D eigenvalue weighted by molar-refractivity contribution is -0.130. The van der Waals surface area contributed by atoms with Crippen LogP contribution in [-0.4, -0.2) is 68.7 Å². The minimum atomic E-state index is 0.183. The lowest BCUT2D eigenvalue weighted by atomic mass is 10.2. The maximum atomic E-state index is 12.1. The summed E-state index contributed by atoms with van der Waals surface area (Å²) < 4.78 is 5.32. The molecule has 1 fully saturated rings. The molecule has 1 aliphatic rings. The third-order valence-electron chi connectivity index (χ3n) is 3.91. The van der Waals surface area contributed by atoms with E-state index in [1.165, 1.54) is 5.56 Å². The number of ether oxygens (including phenoxy) is 1. The van der Waals surface area contributed by atoms with E-state index in [4.69, 9.17) is 4.74 Å². The Morgan fingerprint density at radius 1 is 1.23 bits per heavy atom. The first-order valence-corrected chi connectivity index (χ1v) is 8.04. The summed E-state index contributed by atoms with van der Waals surface area (Å²) >= 11 is 0. The van der Waals surface area contributed by atoms with Crippen LogP contribution >= 0.6 is 0 Å². The molecule has 1 aliphatic heterocycles. The number of nitrogens with one attached hydrogen (secondary N) is 1. The van der Waals surface area contributed by atoms with Crippen LogP contribution in [0.25, 0.3) is 0 Å². The highest BCUT2D eigenvalue weighted by Crippen LogP contribution is 2.03. The van der Waals surface area contributed by atoms with Crippen LogP contribution in [0.1, 0.15) is 12.0 Å². The Morgan fingerprint density at radius 2 is 1.95 bits per heavy atom. The lowest BCUT2D eigenvalue weighted by Gasteiger charge is -2.26. The van der Waals surface area contributed by atoms with Gasteiger partial charge in [0.2, 0.25) is 5.91 Å². The number of nitrogens with zero attached hydrogens (tertiary/aromatic N) is 2. The zero-order valence-corrected chi connectivity index (χ0v) is 13.5. The molecule has 0 aromatic heterocycles. The Morgan fingerprint density at radius 3 is 2.68 bits per heavy atom. The molecule has 5 heteroatoms. The van der Waals surface area contributed by atoms with Crippen LogP contribution in [0.15, 0.2) is 30.3 Å². The van der Waals surface area contributed by atoms with Crippen LogP contribution in [0.4, 0.5) is 0 Å². The molecule has 1 aromatic rings. The van der Waals surface area contributed by atoms with Gasteiger partial charge in [-0.15, -0.1) is 0 Å². The fourth-order valence-electron chi connectivity index (χ4n) is 2.52. The standard InChI is InChI=1S/C17H27N3O2/c1-19(15-16-5-3-2-4-6-16)17(21)7-8-18-9-10-20-11-13-22-14-12-20/h2-6,18H,7-15H2,1H3. The SMILES string of the molecule is CN(Cc1ccccc1)C(=O)CCNCCN1CCOCC1. The molecule has 1 aromatic carbocycles. The van der Waals surface area contributed by atoms with Crippen LogP contribution < -0.4 is 5.32 Å². The molecule has 5 nitrogen and oxygen atoms in total. The van der Waals surface area contributed by atoms with Gasteiger partial charge in [0, 0.05) is 52.7 Å². The average Bonchev–Trinajstić information content (AvgIpc) is 2.56. The maximum Gasteiger partial charge on any atom is 0.223 e. The van der Waals surface area contributed by atoms with Gasteiger partial charge in [0.25, 0.3) is 0 Å². The van der Waals surface area contributed by atoms with E-state index < -0.39 is 0 Å². The summed E-state index contributed by atoms with van der Waals surface area (Å²) in [6.07, 6.45) is 0.548. The van der Waals surface area contributed by atoms with E-state index in [-0.39, 0.29) is 5.91 Å². The summed E-state index contributed by atoms with van der Waals surface area (Å²) in [6, 6.07) is 10.1. The molecule has 0 unspecified atom stereocenters. The van der Waals surface area contributed by atoms with Crippen molar-refractivity contribution < 1.29 is 9.53 Å². The second kappa shape index (κ2) is 9.56. The van der Waals surface area contributed by atoms with Crippen molar-refractivity contribution in [3.8, 4) is 0 Å². The molecule has 0 aliphatic carbocycles. The molecule has 2 rings (SSSR count). The van der Waals surface area contributed by atoms with Crippen molar-refractivity contribution in [3.63, 3.8) is 0 Å². The zero-order valence-electron chi connectivity index (χ0n) is 13.5. The fourth-order valence-corrected chi connectivity index (χ4v) is 2.52. The predicted octanol–water partition coefficient (Wildman–Crippen LogP) is 0.957. The van der Waals surface area contributed by atoms with E-state index in [0.29, 0.717) is 13.0 Å². The Hall–Kier alpha value is -1.43. The highest BCUT2D eigenvalue weighted by atomic mass is 16.5. The van der Waals surface area contributed by atoms with Crippen LogP contribution in [0.3, 0.4) is 0 Å². The van der Waals surface area contributed by atoms with Gasteiger partial charge in [0.15, 0.2) is 0 Å². The van der Waals surface area contributed by atoms with Gasteiger partial charge in [0.1, 0.15) is 0 Å². The molecule has 22 heavy (non-hydrogen) atoms. The minimum absolute atomic E-state index is 0.183. The second-order valence-electron chi connectivity index (χ2n) is 5.69. The van der Waals surface area contributed by atoms with E-state index in [0.717, 1.165) is 45.9 Å². The number of carbonyl (C=O) groups excluding carboxylic acids is 1. The van der Waals surface area contributed by atoms with Gasteiger partial charge in [-0.2, -0.15) is 0 Å². The molecule has 1 heterocycles. The van der Waals surface area contributed by atoms with Gasteiger partial charge in [-0.05, 0) is 5.56 Å². The number of amides is 1. The molecule has 0 atom stereocenters. The normalized spacial score (nSPS) is 15.7. The lowest BCUT2D eigenvalue weighted by Crippen LogP contribution is -2.40. The summed E-state index contributed by atoms with van der Waals surface area (Å²) in [6.45, 7) is 7.06. The topological polar surface area (TPSA) is 44.8 Å². The monoisotopic (exact) mass is 305 g/mol.